The lowest BCUT2D eigenvalue weighted by atomic mass is 9.99. The van der Waals surface area contributed by atoms with Crippen molar-refractivity contribution in [2.24, 2.45) is 0 Å². The zero-order chi connectivity index (χ0) is 30.5. The first-order chi connectivity index (χ1) is 21.5. The van der Waals surface area contributed by atoms with Crippen LogP contribution in [0.4, 0.5) is 0 Å². The number of nitrogens with one attached hydrogen (secondary N) is 3. The summed E-state index contributed by atoms with van der Waals surface area (Å²) in [7, 11) is 0. The first-order valence-corrected chi connectivity index (χ1v) is 14.3. The molecule has 8 nitrogen and oxygen atoms in total. The van der Waals surface area contributed by atoms with Gasteiger partial charge in [0.1, 0.15) is 17.3 Å². The number of aromatic nitrogens is 2. The summed E-state index contributed by atoms with van der Waals surface area (Å²) in [6.45, 7) is 0.376. The van der Waals surface area contributed by atoms with Gasteiger partial charge in [-0.1, -0.05) is 48.5 Å². The molecule has 4 aromatic carbocycles. The van der Waals surface area contributed by atoms with Crippen molar-refractivity contribution in [3.8, 4) is 22.9 Å². The van der Waals surface area contributed by atoms with Crippen LogP contribution >= 0.6 is 0 Å². The minimum absolute atomic E-state index is 0.0597. The number of H-pyrrole nitrogens is 1. The third-order valence-electron chi connectivity index (χ3n) is 7.66. The predicted molar refractivity (Wildman–Crippen MR) is 170 cm³/mol. The zero-order valence-electron chi connectivity index (χ0n) is 23.7. The number of carbonyl (C=O) groups is 2. The maximum atomic E-state index is 13.6. The molecule has 44 heavy (non-hydrogen) atoms. The Balaban J connectivity index is 1.22. The molecule has 0 aliphatic carbocycles. The minimum atomic E-state index is -0.831. The molecule has 2 amide bonds. The molecule has 216 valence electrons. The maximum absolute atomic E-state index is 13.6. The van der Waals surface area contributed by atoms with Crippen molar-refractivity contribution in [3.05, 3.63) is 132 Å². The van der Waals surface area contributed by atoms with Gasteiger partial charge < -0.3 is 20.7 Å². The van der Waals surface area contributed by atoms with Crippen LogP contribution in [0.5, 0.6) is 5.75 Å². The highest BCUT2D eigenvalue weighted by Gasteiger charge is 2.23. The van der Waals surface area contributed by atoms with Gasteiger partial charge in [0.05, 0.1) is 11.6 Å². The molecule has 0 saturated carbocycles. The number of hydrogen-bond donors (Lipinski definition) is 4. The highest BCUT2D eigenvalue weighted by molar-refractivity contribution is 5.99. The molecule has 0 saturated heterocycles. The van der Waals surface area contributed by atoms with Crippen molar-refractivity contribution >= 4 is 33.6 Å². The van der Waals surface area contributed by atoms with Gasteiger partial charge >= 0.3 is 0 Å². The van der Waals surface area contributed by atoms with Crippen molar-refractivity contribution in [1.82, 2.24) is 20.6 Å². The minimum Gasteiger partial charge on any atom is -0.506 e. The Labute approximate surface area is 254 Å². The van der Waals surface area contributed by atoms with E-state index in [9.17, 15) is 14.7 Å². The number of phenols is 1. The summed E-state index contributed by atoms with van der Waals surface area (Å²) in [4.78, 5) is 34.6. The van der Waals surface area contributed by atoms with Crippen molar-refractivity contribution in [2.45, 2.75) is 18.9 Å². The molecular formula is C36H29N5O3. The van der Waals surface area contributed by atoms with Crippen molar-refractivity contribution in [3.63, 3.8) is 0 Å². The molecule has 0 radical (unpaired) electrons. The van der Waals surface area contributed by atoms with Crippen LogP contribution in [0.3, 0.4) is 0 Å². The number of carbonyl (C=O) groups excluding carboxylic acids is 2. The Hall–Kier alpha value is -5.94. The quantitative estimate of drug-likeness (QED) is 0.176. The number of nitrogens with zero attached hydrogens (tertiary/aromatic N) is 2. The molecule has 2 aromatic heterocycles. The fourth-order valence-corrected chi connectivity index (χ4v) is 5.35. The third kappa shape index (κ3) is 6.13. The van der Waals surface area contributed by atoms with Gasteiger partial charge in [0, 0.05) is 47.2 Å². The topological polar surface area (TPSA) is 131 Å². The van der Waals surface area contributed by atoms with Crippen LogP contribution in [0.15, 0.2) is 109 Å². The normalized spacial score (nSPS) is 11.6. The fourth-order valence-electron chi connectivity index (χ4n) is 5.35. The SMILES string of the molecule is N#Cc1ccc(CCNC(=O)C(Cc2c[nH]c3ccccc23)NC(=O)c2cccc(-c3cc(O)c4ncccc4c3)c2)cc1. The van der Waals surface area contributed by atoms with Gasteiger partial charge in [0.2, 0.25) is 5.91 Å². The average Bonchev–Trinajstić information content (AvgIpc) is 3.47. The lowest BCUT2D eigenvalue weighted by Gasteiger charge is -2.19. The Morgan fingerprint density at radius 3 is 2.61 bits per heavy atom. The van der Waals surface area contributed by atoms with Gasteiger partial charge in [-0.15, -0.1) is 0 Å². The van der Waals surface area contributed by atoms with Crippen molar-refractivity contribution in [2.75, 3.05) is 6.54 Å². The van der Waals surface area contributed by atoms with E-state index in [1.165, 1.54) is 0 Å². The van der Waals surface area contributed by atoms with E-state index >= 15 is 0 Å². The van der Waals surface area contributed by atoms with Crippen molar-refractivity contribution in [1.29, 1.82) is 5.26 Å². The number of phenolic OH excluding ortho intramolecular Hbond substituents is 1. The van der Waals surface area contributed by atoms with Crippen LogP contribution in [0.2, 0.25) is 0 Å². The van der Waals surface area contributed by atoms with Crippen LogP contribution < -0.4 is 10.6 Å². The number of pyridine rings is 1. The summed E-state index contributed by atoms with van der Waals surface area (Å²) in [6.07, 6.45) is 4.38. The second kappa shape index (κ2) is 12.5. The molecule has 6 rings (SSSR count). The van der Waals surface area contributed by atoms with E-state index in [-0.39, 0.29) is 17.6 Å². The van der Waals surface area contributed by atoms with Crippen LogP contribution in [0.25, 0.3) is 32.9 Å². The van der Waals surface area contributed by atoms with E-state index in [4.69, 9.17) is 5.26 Å². The second-order valence-corrected chi connectivity index (χ2v) is 10.6. The van der Waals surface area contributed by atoms with Gasteiger partial charge in [0.15, 0.2) is 0 Å². The first-order valence-electron chi connectivity index (χ1n) is 14.3. The standard InChI is InChI=1S/C36H29N5O3/c37-21-24-12-10-23(11-13-24)14-16-39-36(44)32(19-29-22-40-31-9-2-1-8-30(29)31)41-35(43)27-6-3-5-25(17-27)28-18-26-7-4-15-38-34(26)33(42)20-28/h1-13,15,17-18,20,22,32,40,42H,14,16,19H2,(H,39,44)(H,41,43). The Bertz CT molecular complexity index is 2020. The van der Waals surface area contributed by atoms with E-state index in [1.807, 2.05) is 60.8 Å². The van der Waals surface area contributed by atoms with E-state index in [0.717, 1.165) is 38.5 Å². The summed E-state index contributed by atoms with van der Waals surface area (Å²) in [5.74, 6) is -0.615. The molecule has 0 aliphatic rings. The van der Waals surface area contributed by atoms with Gasteiger partial charge in [-0.05, 0) is 77.2 Å². The maximum Gasteiger partial charge on any atom is 0.251 e. The summed E-state index contributed by atoms with van der Waals surface area (Å²) in [5, 5.41) is 27.3. The summed E-state index contributed by atoms with van der Waals surface area (Å²) in [6, 6.07) is 30.7. The van der Waals surface area contributed by atoms with Crippen LogP contribution in [0, 0.1) is 11.3 Å². The number of benzene rings is 4. The summed E-state index contributed by atoms with van der Waals surface area (Å²) in [5.41, 5.74) is 5.84. The average molecular weight is 580 g/mol. The molecule has 2 heterocycles. The number of para-hydroxylation sites is 1. The smallest absolute Gasteiger partial charge is 0.251 e. The third-order valence-corrected chi connectivity index (χ3v) is 7.66. The predicted octanol–water partition coefficient (Wildman–Crippen LogP) is 5.66. The van der Waals surface area contributed by atoms with Gasteiger partial charge in [-0.2, -0.15) is 5.26 Å². The monoisotopic (exact) mass is 579 g/mol. The fraction of sp³-hybridized carbons (Fsp3) is 0.111. The largest absolute Gasteiger partial charge is 0.506 e. The molecule has 0 fully saturated rings. The molecule has 1 atom stereocenters. The number of aromatic hydroxyl groups is 1. The number of nitriles is 1. The molecular weight excluding hydrogens is 550 g/mol. The van der Waals surface area contributed by atoms with E-state index < -0.39 is 6.04 Å². The van der Waals surface area contributed by atoms with E-state index in [0.29, 0.717) is 36.0 Å². The summed E-state index contributed by atoms with van der Waals surface area (Å²) < 4.78 is 0. The molecule has 4 N–H and O–H groups in total. The van der Waals surface area contributed by atoms with Crippen LogP contribution in [-0.4, -0.2) is 39.5 Å². The number of aromatic amines is 1. The first kappa shape index (κ1) is 28.2. The Kier molecular flexibility index (Phi) is 8.02. The number of fused-ring (bicyclic) bond motifs is 2. The highest BCUT2D eigenvalue weighted by Crippen LogP contribution is 2.31. The summed E-state index contributed by atoms with van der Waals surface area (Å²) >= 11 is 0. The molecule has 1 unspecified atom stereocenters. The van der Waals surface area contributed by atoms with E-state index in [1.54, 1.807) is 48.7 Å². The van der Waals surface area contributed by atoms with Gasteiger partial charge in [0.25, 0.3) is 5.91 Å². The molecule has 6 aromatic rings. The Morgan fingerprint density at radius 2 is 1.77 bits per heavy atom. The highest BCUT2D eigenvalue weighted by atomic mass is 16.3. The molecule has 0 spiro atoms. The molecule has 8 heteroatoms. The lowest BCUT2D eigenvalue weighted by Crippen LogP contribution is -2.48. The van der Waals surface area contributed by atoms with Crippen molar-refractivity contribution < 1.29 is 14.7 Å². The molecule has 0 aliphatic heterocycles. The van der Waals surface area contributed by atoms with Gasteiger partial charge in [-0.25, -0.2) is 0 Å². The second-order valence-electron chi connectivity index (χ2n) is 10.6. The number of hydrogen-bond acceptors (Lipinski definition) is 5. The zero-order valence-corrected chi connectivity index (χ0v) is 23.7. The lowest BCUT2D eigenvalue weighted by molar-refractivity contribution is -0.122. The number of amides is 2. The molecule has 0 bridgehead atoms. The van der Waals surface area contributed by atoms with Crippen LogP contribution in [0.1, 0.15) is 27.0 Å². The van der Waals surface area contributed by atoms with Gasteiger partial charge in [-0.3, -0.25) is 14.6 Å². The van der Waals surface area contributed by atoms with Crippen LogP contribution in [-0.2, 0) is 17.6 Å². The number of rotatable bonds is 9. The Morgan fingerprint density at radius 1 is 0.932 bits per heavy atom. The van der Waals surface area contributed by atoms with E-state index in [2.05, 4.69) is 26.7 Å².